The molecule has 0 fully saturated rings. The molecule has 15 heavy (non-hydrogen) atoms. The van der Waals surface area contributed by atoms with Crippen LogP contribution in [-0.2, 0) is 4.79 Å². The van der Waals surface area contributed by atoms with Gasteiger partial charge in [-0.3, -0.25) is 4.79 Å². The lowest BCUT2D eigenvalue weighted by molar-refractivity contribution is -0.135. The number of nitrogens with zero attached hydrogens (tertiary/aromatic N) is 1. The summed E-state index contributed by atoms with van der Waals surface area (Å²) in [5.41, 5.74) is 0. The molecule has 0 aliphatic carbocycles. The van der Waals surface area contributed by atoms with Crippen molar-refractivity contribution in [2.75, 3.05) is 14.1 Å². The van der Waals surface area contributed by atoms with Crippen LogP contribution in [0.25, 0.3) is 0 Å². The van der Waals surface area contributed by atoms with Gasteiger partial charge in [-0.15, -0.1) is 0 Å². The Hall–Kier alpha value is -1.71. The number of hydrogen-bond donors (Lipinski definition) is 1. The Labute approximate surface area is 89.1 Å². The Morgan fingerprint density at radius 3 is 2.67 bits per heavy atom. The van der Waals surface area contributed by atoms with E-state index in [0.29, 0.717) is 5.75 Å². The minimum Gasteiger partial charge on any atom is -0.508 e. The molecule has 1 N–H and O–H groups in total. The van der Waals surface area contributed by atoms with Crippen molar-refractivity contribution in [1.29, 1.82) is 0 Å². The van der Waals surface area contributed by atoms with Gasteiger partial charge in [0.2, 0.25) is 0 Å². The van der Waals surface area contributed by atoms with Gasteiger partial charge in [-0.05, 0) is 19.1 Å². The maximum absolute atomic E-state index is 11.5. The normalized spacial score (nSPS) is 11.9. The lowest BCUT2D eigenvalue weighted by Gasteiger charge is -2.18. The molecule has 1 amide bonds. The van der Waals surface area contributed by atoms with Crippen molar-refractivity contribution >= 4 is 5.91 Å². The van der Waals surface area contributed by atoms with Gasteiger partial charge in [0.15, 0.2) is 6.10 Å². The molecule has 82 valence electrons. The molecule has 4 heteroatoms. The van der Waals surface area contributed by atoms with Crippen LogP contribution >= 0.6 is 0 Å². The Balaban J connectivity index is 2.66. The van der Waals surface area contributed by atoms with E-state index < -0.39 is 6.10 Å². The highest BCUT2D eigenvalue weighted by atomic mass is 16.5. The third-order valence-corrected chi connectivity index (χ3v) is 1.92. The van der Waals surface area contributed by atoms with Crippen LogP contribution in [0.15, 0.2) is 24.3 Å². The molecule has 1 aromatic rings. The zero-order valence-electron chi connectivity index (χ0n) is 9.10. The van der Waals surface area contributed by atoms with Crippen molar-refractivity contribution in [3.63, 3.8) is 0 Å². The first-order chi connectivity index (χ1) is 7.00. The summed E-state index contributed by atoms with van der Waals surface area (Å²) in [6.45, 7) is 1.67. The molecule has 0 aliphatic rings. The van der Waals surface area contributed by atoms with Gasteiger partial charge in [0, 0.05) is 20.2 Å². The average Bonchev–Trinajstić information content (AvgIpc) is 2.16. The highest BCUT2D eigenvalue weighted by molar-refractivity contribution is 5.80. The summed E-state index contributed by atoms with van der Waals surface area (Å²) in [5, 5.41) is 9.20. The van der Waals surface area contributed by atoms with Crippen LogP contribution < -0.4 is 4.74 Å². The molecule has 0 spiro atoms. The van der Waals surface area contributed by atoms with Crippen molar-refractivity contribution in [1.82, 2.24) is 4.90 Å². The van der Waals surface area contributed by atoms with Crippen molar-refractivity contribution < 1.29 is 14.6 Å². The second-order valence-corrected chi connectivity index (χ2v) is 3.49. The Morgan fingerprint density at radius 1 is 1.47 bits per heavy atom. The van der Waals surface area contributed by atoms with Crippen LogP contribution in [0.1, 0.15) is 6.92 Å². The maximum atomic E-state index is 11.5. The number of aromatic hydroxyl groups is 1. The number of amides is 1. The van der Waals surface area contributed by atoms with Crippen molar-refractivity contribution in [3.8, 4) is 11.5 Å². The number of phenols is 1. The van der Waals surface area contributed by atoms with Gasteiger partial charge in [-0.2, -0.15) is 0 Å². The third kappa shape index (κ3) is 3.16. The first-order valence-electron chi connectivity index (χ1n) is 4.67. The van der Waals surface area contributed by atoms with Crippen LogP contribution in [0.3, 0.4) is 0 Å². The van der Waals surface area contributed by atoms with Gasteiger partial charge in [-0.1, -0.05) is 6.07 Å². The highest BCUT2D eigenvalue weighted by Crippen LogP contribution is 2.19. The molecule has 0 saturated carbocycles. The summed E-state index contributed by atoms with van der Waals surface area (Å²) in [5.74, 6) is 0.494. The molecule has 0 saturated heterocycles. The van der Waals surface area contributed by atoms with Crippen LogP contribution in [0.4, 0.5) is 0 Å². The Bertz CT molecular complexity index is 349. The minimum atomic E-state index is -0.554. The van der Waals surface area contributed by atoms with E-state index in [1.807, 2.05) is 0 Å². The maximum Gasteiger partial charge on any atom is 0.262 e. The first kappa shape index (κ1) is 11.4. The molecule has 1 atom stereocenters. The summed E-state index contributed by atoms with van der Waals surface area (Å²) < 4.78 is 5.37. The second kappa shape index (κ2) is 4.68. The fourth-order valence-corrected chi connectivity index (χ4v) is 1.17. The van der Waals surface area contributed by atoms with E-state index >= 15 is 0 Å². The first-order valence-corrected chi connectivity index (χ1v) is 4.67. The molecule has 0 radical (unpaired) electrons. The predicted molar refractivity (Wildman–Crippen MR) is 56.9 cm³/mol. The van der Waals surface area contributed by atoms with Gasteiger partial charge in [0.05, 0.1) is 0 Å². The van der Waals surface area contributed by atoms with Gasteiger partial charge < -0.3 is 14.7 Å². The smallest absolute Gasteiger partial charge is 0.262 e. The van der Waals surface area contributed by atoms with Crippen LogP contribution in [0.5, 0.6) is 11.5 Å². The fourth-order valence-electron chi connectivity index (χ4n) is 1.17. The number of ether oxygens (including phenoxy) is 1. The van der Waals surface area contributed by atoms with E-state index in [1.165, 1.54) is 11.0 Å². The number of carbonyl (C=O) groups excluding carboxylic acids is 1. The van der Waals surface area contributed by atoms with E-state index in [-0.39, 0.29) is 11.7 Å². The van der Waals surface area contributed by atoms with Gasteiger partial charge >= 0.3 is 0 Å². The molecule has 0 aliphatic heterocycles. The summed E-state index contributed by atoms with van der Waals surface area (Å²) >= 11 is 0. The molecule has 0 heterocycles. The van der Waals surface area contributed by atoms with E-state index in [2.05, 4.69) is 0 Å². The van der Waals surface area contributed by atoms with E-state index in [4.69, 9.17) is 4.74 Å². The molecule has 4 nitrogen and oxygen atoms in total. The third-order valence-electron chi connectivity index (χ3n) is 1.92. The largest absolute Gasteiger partial charge is 0.508 e. The molecule has 0 aromatic heterocycles. The van der Waals surface area contributed by atoms with Crippen LogP contribution in [-0.4, -0.2) is 36.1 Å². The zero-order chi connectivity index (χ0) is 11.4. The SMILES string of the molecule is CC(Oc1cccc(O)c1)C(=O)N(C)C. The average molecular weight is 209 g/mol. The lowest BCUT2D eigenvalue weighted by Crippen LogP contribution is -2.35. The second-order valence-electron chi connectivity index (χ2n) is 3.49. The molecular weight excluding hydrogens is 194 g/mol. The van der Waals surface area contributed by atoms with E-state index in [9.17, 15) is 9.90 Å². The highest BCUT2D eigenvalue weighted by Gasteiger charge is 2.16. The summed E-state index contributed by atoms with van der Waals surface area (Å²) in [6.07, 6.45) is -0.554. The summed E-state index contributed by atoms with van der Waals surface area (Å²) in [4.78, 5) is 12.9. The van der Waals surface area contributed by atoms with Gasteiger partial charge in [0.25, 0.3) is 5.91 Å². The lowest BCUT2D eigenvalue weighted by atomic mass is 10.3. The number of benzene rings is 1. The number of likely N-dealkylation sites (N-methyl/N-ethyl adjacent to an activating group) is 1. The number of rotatable bonds is 3. The fraction of sp³-hybridized carbons (Fsp3) is 0.364. The zero-order valence-corrected chi connectivity index (χ0v) is 9.10. The van der Waals surface area contributed by atoms with Gasteiger partial charge in [0.1, 0.15) is 11.5 Å². The van der Waals surface area contributed by atoms with E-state index in [1.54, 1.807) is 39.2 Å². The Morgan fingerprint density at radius 2 is 2.13 bits per heavy atom. The van der Waals surface area contributed by atoms with Crippen LogP contribution in [0.2, 0.25) is 0 Å². The summed E-state index contributed by atoms with van der Waals surface area (Å²) in [6, 6.07) is 6.38. The number of hydrogen-bond acceptors (Lipinski definition) is 3. The topological polar surface area (TPSA) is 49.8 Å². The van der Waals surface area contributed by atoms with Crippen molar-refractivity contribution in [3.05, 3.63) is 24.3 Å². The van der Waals surface area contributed by atoms with Crippen LogP contribution in [0, 0.1) is 0 Å². The van der Waals surface area contributed by atoms with E-state index in [0.717, 1.165) is 0 Å². The van der Waals surface area contributed by atoms with Gasteiger partial charge in [-0.25, -0.2) is 0 Å². The molecule has 1 unspecified atom stereocenters. The molecule has 1 rings (SSSR count). The molecular formula is C11H15NO3. The molecule has 1 aromatic carbocycles. The summed E-state index contributed by atoms with van der Waals surface area (Å²) in [7, 11) is 3.34. The number of phenolic OH excluding ortho intramolecular Hbond substituents is 1. The quantitative estimate of drug-likeness (QED) is 0.815. The standard InChI is InChI=1S/C11H15NO3/c1-8(11(14)12(2)3)15-10-6-4-5-9(13)7-10/h4-8,13H,1-3H3. The predicted octanol–water partition coefficient (Wildman–Crippen LogP) is 1.25. The minimum absolute atomic E-state index is 0.113. The van der Waals surface area contributed by atoms with Crippen molar-refractivity contribution in [2.24, 2.45) is 0 Å². The molecule has 0 bridgehead atoms. The number of carbonyl (C=O) groups is 1. The van der Waals surface area contributed by atoms with Crippen molar-refractivity contribution in [2.45, 2.75) is 13.0 Å². The monoisotopic (exact) mass is 209 g/mol. The Kier molecular flexibility index (Phi) is 3.55.